The smallest absolute Gasteiger partial charge is 0.313 e. The van der Waals surface area contributed by atoms with Crippen molar-refractivity contribution in [3.05, 3.63) is 24.3 Å². The molecule has 0 fully saturated rings. The summed E-state index contributed by atoms with van der Waals surface area (Å²) in [5, 5.41) is 0. The van der Waals surface area contributed by atoms with Gasteiger partial charge < -0.3 is 4.74 Å². The van der Waals surface area contributed by atoms with Crippen molar-refractivity contribution in [2.45, 2.75) is 39.5 Å². The Morgan fingerprint density at radius 1 is 1.29 bits per heavy atom. The van der Waals surface area contributed by atoms with E-state index in [-0.39, 0.29) is 17.6 Å². The van der Waals surface area contributed by atoms with Gasteiger partial charge in [0.25, 0.3) is 0 Å². The van der Waals surface area contributed by atoms with Crippen LogP contribution in [0.25, 0.3) is 0 Å². The Kier molecular flexibility index (Phi) is 5.13. The van der Waals surface area contributed by atoms with E-state index >= 15 is 0 Å². The van der Waals surface area contributed by atoms with Crippen molar-refractivity contribution >= 4 is 11.8 Å². The van der Waals surface area contributed by atoms with Crippen LogP contribution >= 0.6 is 0 Å². The SMILES string of the molecule is CCOC(=O)CC(=O)CCC1(C)C=CCC=C1. The van der Waals surface area contributed by atoms with Gasteiger partial charge >= 0.3 is 5.97 Å². The van der Waals surface area contributed by atoms with Gasteiger partial charge in [0.2, 0.25) is 0 Å². The molecule has 94 valence electrons. The van der Waals surface area contributed by atoms with Gasteiger partial charge in [-0.15, -0.1) is 0 Å². The molecule has 17 heavy (non-hydrogen) atoms. The molecule has 0 radical (unpaired) electrons. The summed E-state index contributed by atoms with van der Waals surface area (Å²) in [6.45, 7) is 4.16. The van der Waals surface area contributed by atoms with Gasteiger partial charge in [-0.25, -0.2) is 0 Å². The molecule has 1 rings (SSSR count). The summed E-state index contributed by atoms with van der Waals surface area (Å²) < 4.78 is 4.74. The topological polar surface area (TPSA) is 43.4 Å². The molecule has 0 unspecified atom stereocenters. The zero-order valence-electron chi connectivity index (χ0n) is 10.6. The predicted molar refractivity (Wildman–Crippen MR) is 66.5 cm³/mol. The van der Waals surface area contributed by atoms with Crippen LogP contribution in [0.4, 0.5) is 0 Å². The van der Waals surface area contributed by atoms with Gasteiger partial charge in [0.1, 0.15) is 12.2 Å². The Morgan fingerprint density at radius 2 is 1.94 bits per heavy atom. The zero-order valence-corrected chi connectivity index (χ0v) is 10.6. The minimum absolute atomic E-state index is 0.0391. The second-order valence-electron chi connectivity index (χ2n) is 4.57. The first-order valence-corrected chi connectivity index (χ1v) is 6.08. The average Bonchev–Trinajstić information content (AvgIpc) is 2.28. The molecule has 0 aromatic rings. The molecule has 1 aliphatic carbocycles. The van der Waals surface area contributed by atoms with Crippen LogP contribution in [0, 0.1) is 5.41 Å². The van der Waals surface area contributed by atoms with Crippen LogP contribution in [0.2, 0.25) is 0 Å². The average molecular weight is 236 g/mol. The normalized spacial score (nSPS) is 16.8. The number of allylic oxidation sites excluding steroid dienone is 4. The maximum atomic E-state index is 11.6. The quantitative estimate of drug-likeness (QED) is 0.404. The highest BCUT2D eigenvalue weighted by Gasteiger charge is 2.21. The van der Waals surface area contributed by atoms with Crippen LogP contribution in [-0.2, 0) is 14.3 Å². The first-order chi connectivity index (χ1) is 8.06. The highest BCUT2D eigenvalue weighted by molar-refractivity contribution is 5.95. The van der Waals surface area contributed by atoms with E-state index in [4.69, 9.17) is 4.74 Å². The Balaban J connectivity index is 2.33. The van der Waals surface area contributed by atoms with E-state index in [1.807, 2.05) is 0 Å². The Morgan fingerprint density at radius 3 is 2.53 bits per heavy atom. The number of carbonyl (C=O) groups is 2. The lowest BCUT2D eigenvalue weighted by Crippen LogP contribution is -2.16. The lowest BCUT2D eigenvalue weighted by atomic mass is 9.81. The van der Waals surface area contributed by atoms with Gasteiger partial charge in [-0.1, -0.05) is 31.2 Å². The Bertz CT molecular complexity index is 327. The number of ketones is 1. The first-order valence-electron chi connectivity index (χ1n) is 6.08. The zero-order chi connectivity index (χ0) is 12.7. The Labute approximate surface area is 103 Å². The fourth-order valence-corrected chi connectivity index (χ4v) is 1.85. The summed E-state index contributed by atoms with van der Waals surface area (Å²) >= 11 is 0. The largest absolute Gasteiger partial charge is 0.466 e. The van der Waals surface area contributed by atoms with Gasteiger partial charge in [0, 0.05) is 11.8 Å². The summed E-state index contributed by atoms with van der Waals surface area (Å²) in [6, 6.07) is 0. The summed E-state index contributed by atoms with van der Waals surface area (Å²) in [5.74, 6) is -0.463. The van der Waals surface area contributed by atoms with Crippen LogP contribution in [0.1, 0.15) is 39.5 Å². The number of Topliss-reactive ketones (excluding diaryl/α,β-unsaturated/α-hetero) is 1. The molecule has 0 spiro atoms. The third-order valence-corrected chi connectivity index (χ3v) is 2.86. The molecule has 0 heterocycles. The fraction of sp³-hybridized carbons (Fsp3) is 0.571. The molecular weight excluding hydrogens is 216 g/mol. The van der Waals surface area contributed by atoms with E-state index in [0.717, 1.165) is 12.8 Å². The van der Waals surface area contributed by atoms with E-state index in [1.165, 1.54) is 0 Å². The van der Waals surface area contributed by atoms with Crippen molar-refractivity contribution in [3.63, 3.8) is 0 Å². The summed E-state index contributed by atoms with van der Waals surface area (Å²) in [6.07, 6.45) is 10.5. The van der Waals surface area contributed by atoms with Gasteiger partial charge in [-0.05, 0) is 19.8 Å². The highest BCUT2D eigenvalue weighted by atomic mass is 16.5. The molecule has 0 aromatic carbocycles. The standard InChI is InChI=1S/C14H20O3/c1-3-17-13(16)11-12(15)7-10-14(2)8-5-4-6-9-14/h5-6,8-9H,3-4,7,10-11H2,1-2H3. The third-order valence-electron chi connectivity index (χ3n) is 2.86. The number of ether oxygens (including phenoxy) is 1. The summed E-state index contributed by atoms with van der Waals surface area (Å²) in [4.78, 5) is 22.7. The van der Waals surface area contributed by atoms with Gasteiger partial charge in [-0.2, -0.15) is 0 Å². The number of hydrogen-bond donors (Lipinski definition) is 0. The van der Waals surface area contributed by atoms with Crippen LogP contribution in [0.5, 0.6) is 0 Å². The fourth-order valence-electron chi connectivity index (χ4n) is 1.85. The monoisotopic (exact) mass is 236 g/mol. The molecular formula is C14H20O3. The number of esters is 1. The molecule has 3 nitrogen and oxygen atoms in total. The van der Waals surface area contributed by atoms with Crippen LogP contribution in [0.15, 0.2) is 24.3 Å². The second-order valence-corrected chi connectivity index (χ2v) is 4.57. The van der Waals surface area contributed by atoms with Crippen molar-refractivity contribution in [2.24, 2.45) is 5.41 Å². The van der Waals surface area contributed by atoms with Gasteiger partial charge in [0.15, 0.2) is 0 Å². The van der Waals surface area contributed by atoms with Crippen molar-refractivity contribution in [3.8, 4) is 0 Å². The molecule has 0 amide bonds. The summed E-state index contributed by atoms with van der Waals surface area (Å²) in [7, 11) is 0. The number of carbonyl (C=O) groups excluding carboxylic acids is 2. The van der Waals surface area contributed by atoms with Crippen LogP contribution < -0.4 is 0 Å². The molecule has 0 aromatic heterocycles. The second kappa shape index (κ2) is 6.38. The number of rotatable bonds is 6. The minimum Gasteiger partial charge on any atom is -0.466 e. The van der Waals surface area contributed by atoms with Crippen LogP contribution in [0.3, 0.4) is 0 Å². The van der Waals surface area contributed by atoms with Crippen molar-refractivity contribution in [2.75, 3.05) is 6.61 Å². The van der Waals surface area contributed by atoms with Gasteiger partial charge in [-0.3, -0.25) is 9.59 Å². The molecule has 1 aliphatic rings. The molecule has 0 atom stereocenters. The van der Waals surface area contributed by atoms with Crippen molar-refractivity contribution in [1.29, 1.82) is 0 Å². The lowest BCUT2D eigenvalue weighted by Gasteiger charge is -2.23. The number of hydrogen-bond acceptors (Lipinski definition) is 3. The lowest BCUT2D eigenvalue weighted by molar-refractivity contribution is -0.145. The minimum atomic E-state index is -0.419. The van der Waals surface area contributed by atoms with Crippen molar-refractivity contribution in [1.82, 2.24) is 0 Å². The maximum absolute atomic E-state index is 11.6. The molecule has 0 saturated carbocycles. The first kappa shape index (κ1) is 13.7. The van der Waals surface area contributed by atoms with E-state index in [0.29, 0.717) is 13.0 Å². The van der Waals surface area contributed by atoms with Crippen molar-refractivity contribution < 1.29 is 14.3 Å². The molecule has 0 saturated heterocycles. The summed E-state index contributed by atoms with van der Waals surface area (Å²) in [5.41, 5.74) is -0.0391. The van der Waals surface area contributed by atoms with E-state index in [9.17, 15) is 9.59 Å². The van der Waals surface area contributed by atoms with Crippen LogP contribution in [-0.4, -0.2) is 18.4 Å². The predicted octanol–water partition coefficient (Wildman–Crippen LogP) is 2.81. The highest BCUT2D eigenvalue weighted by Crippen LogP contribution is 2.30. The van der Waals surface area contributed by atoms with E-state index in [1.54, 1.807) is 6.92 Å². The molecule has 0 N–H and O–H groups in total. The Hall–Kier alpha value is -1.38. The molecule has 0 aliphatic heterocycles. The molecule has 0 bridgehead atoms. The maximum Gasteiger partial charge on any atom is 0.313 e. The molecule has 3 heteroatoms. The van der Waals surface area contributed by atoms with E-state index in [2.05, 4.69) is 31.2 Å². The third kappa shape index (κ3) is 4.98. The van der Waals surface area contributed by atoms with Gasteiger partial charge in [0.05, 0.1) is 6.61 Å². The van der Waals surface area contributed by atoms with E-state index < -0.39 is 5.97 Å².